The lowest BCUT2D eigenvalue weighted by molar-refractivity contribution is 0.0951. The number of rotatable bonds is 6. The zero-order valence-corrected chi connectivity index (χ0v) is 12.2. The molecule has 1 aromatic heterocycles. The van der Waals surface area contributed by atoms with E-state index in [0.717, 1.165) is 0 Å². The first-order chi connectivity index (χ1) is 9.69. The van der Waals surface area contributed by atoms with Crippen LogP contribution in [-0.2, 0) is 10.8 Å². The van der Waals surface area contributed by atoms with E-state index < -0.39 is 10.8 Å². The number of carbonyl (C=O) groups excluding carboxylic acids is 1. The van der Waals surface area contributed by atoms with Crippen molar-refractivity contribution < 1.29 is 14.1 Å². The summed E-state index contributed by atoms with van der Waals surface area (Å²) in [5, 5.41) is 11.4. The monoisotopic (exact) mass is 294 g/mol. The molecule has 0 saturated carbocycles. The van der Waals surface area contributed by atoms with Crippen molar-refractivity contribution in [2.45, 2.75) is 13.3 Å². The van der Waals surface area contributed by atoms with Gasteiger partial charge in [-0.05, 0) is 12.1 Å². The third-order valence-corrected chi connectivity index (χ3v) is 3.72. The van der Waals surface area contributed by atoms with E-state index in [1.165, 1.54) is 6.20 Å². The Morgan fingerprint density at radius 1 is 1.55 bits per heavy atom. The van der Waals surface area contributed by atoms with Crippen molar-refractivity contribution in [1.29, 1.82) is 0 Å². The van der Waals surface area contributed by atoms with Crippen LogP contribution in [0.2, 0.25) is 0 Å². The number of aliphatic hydroxyl groups is 1. The van der Waals surface area contributed by atoms with E-state index in [-0.39, 0.29) is 18.2 Å². The van der Waals surface area contributed by atoms with Crippen molar-refractivity contribution >= 4 is 16.7 Å². The molecule has 0 aliphatic carbocycles. The van der Waals surface area contributed by atoms with Crippen LogP contribution in [0, 0.1) is 11.8 Å². The van der Waals surface area contributed by atoms with Crippen LogP contribution in [0.15, 0.2) is 18.3 Å². The Morgan fingerprint density at radius 3 is 3.05 bits per heavy atom. The molecular formula is C14H18N2O3S. The molecule has 0 radical (unpaired) electrons. The highest BCUT2D eigenvalue weighted by Crippen LogP contribution is 2.03. The lowest BCUT2D eigenvalue weighted by Crippen LogP contribution is -2.29. The van der Waals surface area contributed by atoms with Crippen molar-refractivity contribution in [3.05, 3.63) is 29.6 Å². The highest BCUT2D eigenvalue weighted by Gasteiger charge is 2.11. The fraction of sp³-hybridized carbons (Fsp3) is 0.429. The summed E-state index contributed by atoms with van der Waals surface area (Å²) >= 11 is 0. The Kier molecular flexibility index (Phi) is 7.55. The second-order valence-corrected chi connectivity index (χ2v) is 5.73. The van der Waals surface area contributed by atoms with Gasteiger partial charge in [0.15, 0.2) is 0 Å². The minimum absolute atomic E-state index is 0.0162. The number of hydrogen-bond donors (Lipinski definition) is 2. The number of hydrogen-bond acceptors (Lipinski definition) is 4. The molecule has 1 amide bonds. The van der Waals surface area contributed by atoms with E-state index >= 15 is 0 Å². The second-order valence-electron chi connectivity index (χ2n) is 3.86. The molecule has 0 saturated heterocycles. The number of aromatic nitrogens is 1. The second kappa shape index (κ2) is 9.23. The lowest BCUT2D eigenvalue weighted by atomic mass is 10.2. The summed E-state index contributed by atoms with van der Waals surface area (Å²) in [7, 11) is -0.902. The molecule has 1 atom stereocenters. The lowest BCUT2D eigenvalue weighted by Gasteiger charge is -2.05. The van der Waals surface area contributed by atoms with Gasteiger partial charge in [-0.3, -0.25) is 9.00 Å². The molecule has 0 aliphatic rings. The summed E-state index contributed by atoms with van der Waals surface area (Å²) in [4.78, 5) is 16.0. The van der Waals surface area contributed by atoms with E-state index in [9.17, 15) is 9.00 Å². The summed E-state index contributed by atoms with van der Waals surface area (Å²) in [6, 6.07) is 3.41. The molecular weight excluding hydrogens is 276 g/mol. The molecule has 108 valence electrons. The molecule has 0 fully saturated rings. The van der Waals surface area contributed by atoms with E-state index in [2.05, 4.69) is 22.1 Å². The molecule has 1 unspecified atom stereocenters. The van der Waals surface area contributed by atoms with E-state index in [4.69, 9.17) is 5.11 Å². The number of amides is 1. The van der Waals surface area contributed by atoms with E-state index in [0.29, 0.717) is 30.0 Å². The Balaban J connectivity index is 2.68. The summed E-state index contributed by atoms with van der Waals surface area (Å²) in [5.74, 6) is 6.26. The number of pyridine rings is 1. The van der Waals surface area contributed by atoms with Gasteiger partial charge in [0.25, 0.3) is 5.91 Å². The van der Waals surface area contributed by atoms with E-state index in [1.807, 2.05) is 6.92 Å². The first-order valence-corrected chi connectivity index (χ1v) is 7.85. The fourth-order valence-corrected chi connectivity index (χ4v) is 2.03. The third kappa shape index (κ3) is 5.51. The summed E-state index contributed by atoms with van der Waals surface area (Å²) in [5.41, 5.74) is 0.773. The molecule has 2 N–H and O–H groups in total. The highest BCUT2D eigenvalue weighted by molar-refractivity contribution is 7.84. The van der Waals surface area contributed by atoms with Crippen molar-refractivity contribution in [3.63, 3.8) is 0 Å². The molecule has 20 heavy (non-hydrogen) atoms. The van der Waals surface area contributed by atoms with Crippen LogP contribution < -0.4 is 5.32 Å². The van der Waals surface area contributed by atoms with Gasteiger partial charge in [0, 0.05) is 41.5 Å². The standard InChI is InChI=1S/C14H18N2O3S/c1-2-20(19)11-9-16-14(18)13-12(6-3-4-10-17)7-5-8-15-13/h5,7-8,17H,2,4,9-11H2,1H3,(H,16,18). The molecule has 1 heterocycles. The molecule has 0 aromatic carbocycles. The molecule has 0 aliphatic heterocycles. The largest absolute Gasteiger partial charge is 0.395 e. The van der Waals surface area contributed by atoms with Gasteiger partial charge >= 0.3 is 0 Å². The maximum atomic E-state index is 12.0. The van der Waals surface area contributed by atoms with Crippen LogP contribution in [0.25, 0.3) is 0 Å². The van der Waals surface area contributed by atoms with Crippen LogP contribution in [0.1, 0.15) is 29.4 Å². The SMILES string of the molecule is CCS(=O)CCNC(=O)c1ncccc1C#CCCO. The third-order valence-electron chi connectivity index (χ3n) is 2.42. The Morgan fingerprint density at radius 2 is 2.35 bits per heavy atom. The zero-order valence-electron chi connectivity index (χ0n) is 11.4. The van der Waals surface area contributed by atoms with E-state index in [1.54, 1.807) is 12.1 Å². The van der Waals surface area contributed by atoms with Crippen LogP contribution in [0.3, 0.4) is 0 Å². The minimum Gasteiger partial charge on any atom is -0.395 e. The maximum Gasteiger partial charge on any atom is 0.271 e. The van der Waals surface area contributed by atoms with Crippen molar-refractivity contribution in [1.82, 2.24) is 10.3 Å². The molecule has 0 spiro atoms. The van der Waals surface area contributed by atoms with Gasteiger partial charge in [0.05, 0.1) is 12.2 Å². The van der Waals surface area contributed by atoms with Crippen LogP contribution in [0.4, 0.5) is 0 Å². The molecule has 5 nitrogen and oxygen atoms in total. The van der Waals surface area contributed by atoms with Crippen LogP contribution >= 0.6 is 0 Å². The average molecular weight is 294 g/mol. The van der Waals surface area contributed by atoms with Gasteiger partial charge in [-0.15, -0.1) is 0 Å². The van der Waals surface area contributed by atoms with Crippen LogP contribution in [-0.4, -0.2) is 44.9 Å². The maximum absolute atomic E-state index is 12.0. The van der Waals surface area contributed by atoms with Gasteiger partial charge < -0.3 is 10.4 Å². The molecule has 1 rings (SSSR count). The summed E-state index contributed by atoms with van der Waals surface area (Å²) < 4.78 is 11.3. The van der Waals surface area contributed by atoms with Gasteiger partial charge in [0.2, 0.25) is 0 Å². The normalized spacial score (nSPS) is 11.3. The van der Waals surface area contributed by atoms with Gasteiger partial charge in [-0.1, -0.05) is 18.8 Å². The predicted octanol–water partition coefficient (Wildman–Crippen LogP) is 0.314. The highest BCUT2D eigenvalue weighted by atomic mass is 32.2. The number of nitrogens with zero attached hydrogens (tertiary/aromatic N) is 1. The van der Waals surface area contributed by atoms with Crippen molar-refractivity contribution in [2.75, 3.05) is 24.7 Å². The number of carbonyl (C=O) groups is 1. The van der Waals surface area contributed by atoms with Gasteiger partial charge in [0.1, 0.15) is 5.69 Å². The quantitative estimate of drug-likeness (QED) is 0.740. The number of nitrogens with one attached hydrogen (secondary N) is 1. The topological polar surface area (TPSA) is 79.3 Å². The first-order valence-electron chi connectivity index (χ1n) is 6.37. The summed E-state index contributed by atoms with van der Waals surface area (Å²) in [6.07, 6.45) is 1.88. The van der Waals surface area contributed by atoms with Crippen LogP contribution in [0.5, 0.6) is 0 Å². The Labute approximate surface area is 121 Å². The molecule has 1 aromatic rings. The average Bonchev–Trinajstić information content (AvgIpc) is 2.47. The smallest absolute Gasteiger partial charge is 0.271 e. The first kappa shape index (κ1) is 16.3. The van der Waals surface area contributed by atoms with Gasteiger partial charge in [-0.2, -0.15) is 0 Å². The Bertz CT molecular complexity index is 535. The minimum atomic E-state index is -0.902. The summed E-state index contributed by atoms with van der Waals surface area (Å²) in [6.45, 7) is 2.17. The zero-order chi connectivity index (χ0) is 14.8. The predicted molar refractivity (Wildman–Crippen MR) is 78.7 cm³/mol. The van der Waals surface area contributed by atoms with Gasteiger partial charge in [-0.25, -0.2) is 4.98 Å². The fourth-order valence-electron chi connectivity index (χ4n) is 1.41. The number of aliphatic hydroxyl groups excluding tert-OH is 1. The Hall–Kier alpha value is -1.71. The molecule has 0 bridgehead atoms. The van der Waals surface area contributed by atoms with Crippen molar-refractivity contribution in [3.8, 4) is 11.8 Å². The van der Waals surface area contributed by atoms with Crippen molar-refractivity contribution in [2.24, 2.45) is 0 Å². The molecule has 6 heteroatoms.